The standard InChI is InChI=1S/C22H24N4O/c27-22(19-11-12-23-13-19)24-14-20-16-26(15-17-7-3-1-4-8-17)25-21(20)18-9-5-2-6-10-18/h1-10,16,19,23H,11-15H2,(H,24,27). The van der Waals surface area contributed by atoms with Crippen LogP contribution < -0.4 is 10.6 Å². The summed E-state index contributed by atoms with van der Waals surface area (Å²) in [7, 11) is 0. The van der Waals surface area contributed by atoms with Crippen molar-refractivity contribution >= 4 is 5.91 Å². The quantitative estimate of drug-likeness (QED) is 0.711. The average Bonchev–Trinajstić information content (AvgIpc) is 3.38. The molecule has 1 fully saturated rings. The van der Waals surface area contributed by atoms with Crippen molar-refractivity contribution in [1.29, 1.82) is 0 Å². The van der Waals surface area contributed by atoms with Crippen LogP contribution in [-0.4, -0.2) is 28.8 Å². The van der Waals surface area contributed by atoms with E-state index in [4.69, 9.17) is 5.10 Å². The second-order valence-electron chi connectivity index (χ2n) is 6.96. The maximum absolute atomic E-state index is 12.4. The van der Waals surface area contributed by atoms with Crippen LogP contribution in [0.3, 0.4) is 0 Å². The molecule has 5 heteroatoms. The Morgan fingerprint density at radius 3 is 2.56 bits per heavy atom. The summed E-state index contributed by atoms with van der Waals surface area (Å²) in [6.45, 7) is 2.89. The van der Waals surface area contributed by atoms with E-state index in [1.807, 2.05) is 47.3 Å². The van der Waals surface area contributed by atoms with Crippen molar-refractivity contribution < 1.29 is 4.79 Å². The van der Waals surface area contributed by atoms with Crippen LogP contribution in [0.2, 0.25) is 0 Å². The predicted octanol–water partition coefficient (Wildman–Crippen LogP) is 2.82. The van der Waals surface area contributed by atoms with Crippen molar-refractivity contribution in [2.75, 3.05) is 13.1 Å². The fourth-order valence-corrected chi connectivity index (χ4v) is 3.49. The SMILES string of the molecule is O=C(NCc1cn(Cc2ccccc2)nc1-c1ccccc1)C1CCNC1. The molecule has 1 aliphatic heterocycles. The van der Waals surface area contributed by atoms with Gasteiger partial charge in [0.15, 0.2) is 0 Å². The largest absolute Gasteiger partial charge is 0.352 e. The van der Waals surface area contributed by atoms with Crippen LogP contribution in [0.15, 0.2) is 66.9 Å². The third-order valence-electron chi connectivity index (χ3n) is 4.96. The summed E-state index contributed by atoms with van der Waals surface area (Å²) < 4.78 is 1.95. The van der Waals surface area contributed by atoms with Crippen LogP contribution in [0.1, 0.15) is 17.5 Å². The minimum atomic E-state index is 0.0736. The normalized spacial score (nSPS) is 16.4. The van der Waals surface area contributed by atoms with Crippen LogP contribution in [0.25, 0.3) is 11.3 Å². The van der Waals surface area contributed by atoms with E-state index in [9.17, 15) is 4.79 Å². The van der Waals surface area contributed by atoms with Gasteiger partial charge in [0.2, 0.25) is 5.91 Å². The van der Waals surface area contributed by atoms with Gasteiger partial charge in [0.05, 0.1) is 18.2 Å². The molecule has 1 atom stereocenters. The lowest BCUT2D eigenvalue weighted by atomic mass is 10.1. The molecular formula is C22H24N4O. The highest BCUT2D eigenvalue weighted by atomic mass is 16.1. The molecule has 0 radical (unpaired) electrons. The molecule has 2 heterocycles. The first-order valence-electron chi connectivity index (χ1n) is 9.44. The molecule has 2 N–H and O–H groups in total. The molecule has 3 aromatic rings. The van der Waals surface area contributed by atoms with Gasteiger partial charge in [0, 0.05) is 30.4 Å². The summed E-state index contributed by atoms with van der Waals surface area (Å²) in [6, 6.07) is 20.4. The fraction of sp³-hybridized carbons (Fsp3) is 0.273. The molecule has 1 amide bonds. The molecule has 0 aliphatic carbocycles. The zero-order chi connectivity index (χ0) is 18.5. The lowest BCUT2D eigenvalue weighted by Gasteiger charge is -2.09. The first kappa shape index (κ1) is 17.5. The highest BCUT2D eigenvalue weighted by molar-refractivity contribution is 5.79. The Morgan fingerprint density at radius 2 is 1.85 bits per heavy atom. The van der Waals surface area contributed by atoms with E-state index in [0.717, 1.165) is 36.3 Å². The number of carbonyl (C=O) groups is 1. The lowest BCUT2D eigenvalue weighted by molar-refractivity contribution is -0.124. The Bertz CT molecular complexity index is 883. The number of benzene rings is 2. The van der Waals surface area contributed by atoms with Crippen LogP contribution in [0.4, 0.5) is 0 Å². The van der Waals surface area contributed by atoms with Crippen molar-refractivity contribution in [3.05, 3.63) is 78.0 Å². The average molecular weight is 360 g/mol. The van der Waals surface area contributed by atoms with E-state index < -0.39 is 0 Å². The van der Waals surface area contributed by atoms with Crippen molar-refractivity contribution in [3.8, 4) is 11.3 Å². The topological polar surface area (TPSA) is 59.0 Å². The molecular weight excluding hydrogens is 336 g/mol. The number of rotatable bonds is 6. The highest BCUT2D eigenvalue weighted by Gasteiger charge is 2.22. The van der Waals surface area contributed by atoms with E-state index in [0.29, 0.717) is 13.1 Å². The molecule has 4 rings (SSSR count). The van der Waals surface area contributed by atoms with Crippen LogP contribution in [-0.2, 0) is 17.9 Å². The van der Waals surface area contributed by atoms with Crippen molar-refractivity contribution in [2.24, 2.45) is 5.92 Å². The molecule has 2 aromatic carbocycles. The van der Waals surface area contributed by atoms with Gasteiger partial charge in [0.1, 0.15) is 0 Å². The van der Waals surface area contributed by atoms with E-state index in [2.05, 4.69) is 34.9 Å². The molecule has 1 aromatic heterocycles. The number of nitrogens with zero attached hydrogens (tertiary/aromatic N) is 2. The summed E-state index contributed by atoms with van der Waals surface area (Å²) >= 11 is 0. The lowest BCUT2D eigenvalue weighted by Crippen LogP contribution is -2.31. The molecule has 1 aliphatic rings. The Hall–Kier alpha value is -2.92. The van der Waals surface area contributed by atoms with Gasteiger partial charge in [0.25, 0.3) is 0 Å². The maximum Gasteiger partial charge on any atom is 0.224 e. The summed E-state index contributed by atoms with van der Waals surface area (Å²) in [5, 5.41) is 11.1. The van der Waals surface area contributed by atoms with Crippen LogP contribution in [0, 0.1) is 5.92 Å². The van der Waals surface area contributed by atoms with Crippen LogP contribution in [0.5, 0.6) is 0 Å². The van der Waals surface area contributed by atoms with Gasteiger partial charge in [-0.3, -0.25) is 9.48 Å². The molecule has 0 saturated carbocycles. The van der Waals surface area contributed by atoms with E-state index in [1.54, 1.807) is 0 Å². The molecule has 138 valence electrons. The summed E-state index contributed by atoms with van der Waals surface area (Å²) in [5.74, 6) is 0.194. The second-order valence-corrected chi connectivity index (χ2v) is 6.96. The van der Waals surface area contributed by atoms with Gasteiger partial charge in [-0.25, -0.2) is 0 Å². The van der Waals surface area contributed by atoms with Crippen molar-refractivity contribution in [3.63, 3.8) is 0 Å². The fourth-order valence-electron chi connectivity index (χ4n) is 3.49. The Kier molecular flexibility index (Phi) is 5.30. The number of hydrogen-bond acceptors (Lipinski definition) is 3. The third kappa shape index (κ3) is 4.26. The van der Waals surface area contributed by atoms with Gasteiger partial charge in [-0.1, -0.05) is 60.7 Å². The Balaban J connectivity index is 1.55. The first-order valence-corrected chi connectivity index (χ1v) is 9.44. The van der Waals surface area contributed by atoms with Gasteiger partial charge >= 0.3 is 0 Å². The zero-order valence-electron chi connectivity index (χ0n) is 15.3. The van der Waals surface area contributed by atoms with Crippen molar-refractivity contribution in [2.45, 2.75) is 19.5 Å². The molecule has 0 bridgehead atoms. The summed E-state index contributed by atoms with van der Waals surface area (Å²) in [4.78, 5) is 12.4. The number of amides is 1. The van der Waals surface area contributed by atoms with Gasteiger partial charge in [-0.05, 0) is 18.5 Å². The van der Waals surface area contributed by atoms with Crippen LogP contribution >= 0.6 is 0 Å². The Morgan fingerprint density at radius 1 is 1.11 bits per heavy atom. The summed E-state index contributed by atoms with van der Waals surface area (Å²) in [5.41, 5.74) is 4.23. The van der Waals surface area contributed by atoms with E-state index in [1.165, 1.54) is 5.56 Å². The smallest absolute Gasteiger partial charge is 0.224 e. The number of aromatic nitrogens is 2. The highest BCUT2D eigenvalue weighted by Crippen LogP contribution is 2.22. The second kappa shape index (κ2) is 8.18. The Labute approximate surface area is 159 Å². The van der Waals surface area contributed by atoms with Gasteiger partial charge in [-0.2, -0.15) is 5.10 Å². The number of nitrogens with one attached hydrogen (secondary N) is 2. The minimum Gasteiger partial charge on any atom is -0.352 e. The van der Waals surface area contributed by atoms with E-state index >= 15 is 0 Å². The molecule has 5 nitrogen and oxygen atoms in total. The monoisotopic (exact) mass is 360 g/mol. The van der Waals surface area contributed by atoms with Gasteiger partial charge < -0.3 is 10.6 Å². The number of hydrogen-bond donors (Lipinski definition) is 2. The first-order chi connectivity index (χ1) is 13.3. The molecule has 1 saturated heterocycles. The predicted molar refractivity (Wildman–Crippen MR) is 106 cm³/mol. The molecule has 1 unspecified atom stereocenters. The third-order valence-corrected chi connectivity index (χ3v) is 4.96. The maximum atomic E-state index is 12.4. The van der Waals surface area contributed by atoms with E-state index in [-0.39, 0.29) is 11.8 Å². The van der Waals surface area contributed by atoms with Gasteiger partial charge in [-0.15, -0.1) is 0 Å². The summed E-state index contributed by atoms with van der Waals surface area (Å²) in [6.07, 6.45) is 2.95. The number of carbonyl (C=O) groups excluding carboxylic acids is 1. The zero-order valence-corrected chi connectivity index (χ0v) is 15.3. The van der Waals surface area contributed by atoms with Crippen molar-refractivity contribution in [1.82, 2.24) is 20.4 Å². The molecule has 0 spiro atoms. The molecule has 27 heavy (non-hydrogen) atoms. The minimum absolute atomic E-state index is 0.0736.